The first-order valence-corrected chi connectivity index (χ1v) is 11.3. The molecule has 1 fully saturated rings. The molecule has 2 amide bonds. The van der Waals surface area contributed by atoms with E-state index in [-0.39, 0.29) is 17.1 Å². The van der Waals surface area contributed by atoms with Crippen molar-refractivity contribution in [3.63, 3.8) is 0 Å². The van der Waals surface area contributed by atoms with Gasteiger partial charge >= 0.3 is 0 Å². The Balaban J connectivity index is 1.57. The molecule has 7 nitrogen and oxygen atoms in total. The molecule has 4 rings (SSSR count). The highest BCUT2D eigenvalue weighted by Gasteiger charge is 2.36. The molecule has 0 N–H and O–H groups in total. The molecule has 1 aromatic heterocycles. The SMILES string of the molecule is O=C1S/C(=C\c2ccc(-c3ccc([N+](=O)[O-])cc3Br)o2)C(=O)N1Cc1c(Cl)cccc1Cl. The summed E-state index contributed by atoms with van der Waals surface area (Å²) in [5.74, 6) is 0.317. The minimum absolute atomic E-state index is 0.0420. The molecule has 0 bridgehead atoms. The molecule has 1 aliphatic heterocycles. The van der Waals surface area contributed by atoms with E-state index in [0.717, 1.165) is 16.7 Å². The van der Waals surface area contributed by atoms with Gasteiger partial charge in [0.15, 0.2) is 0 Å². The number of amides is 2. The molecule has 1 aliphatic rings. The molecule has 0 unspecified atom stereocenters. The van der Waals surface area contributed by atoms with Crippen LogP contribution in [0, 0.1) is 10.1 Å². The van der Waals surface area contributed by atoms with Crippen molar-refractivity contribution in [2.75, 3.05) is 0 Å². The number of carbonyl (C=O) groups is 2. The molecule has 3 aromatic rings. The number of nitro benzene ring substituents is 1. The van der Waals surface area contributed by atoms with Crippen molar-refractivity contribution in [3.8, 4) is 11.3 Å². The number of benzene rings is 2. The quantitative estimate of drug-likeness (QED) is 0.189. The fourth-order valence-electron chi connectivity index (χ4n) is 3.00. The van der Waals surface area contributed by atoms with Gasteiger partial charge in [-0.05, 0) is 58.0 Å². The minimum atomic E-state index is -0.492. The van der Waals surface area contributed by atoms with Gasteiger partial charge in [-0.15, -0.1) is 0 Å². The van der Waals surface area contributed by atoms with Crippen molar-refractivity contribution in [1.82, 2.24) is 4.90 Å². The lowest BCUT2D eigenvalue weighted by molar-refractivity contribution is -0.384. The van der Waals surface area contributed by atoms with Crippen LogP contribution < -0.4 is 0 Å². The third-order valence-electron chi connectivity index (χ3n) is 4.58. The molecule has 2 heterocycles. The maximum Gasteiger partial charge on any atom is 0.293 e. The predicted octanol–water partition coefficient (Wildman–Crippen LogP) is 7.16. The van der Waals surface area contributed by atoms with E-state index in [0.29, 0.717) is 37.2 Å². The van der Waals surface area contributed by atoms with Crippen molar-refractivity contribution >= 4 is 73.8 Å². The van der Waals surface area contributed by atoms with Gasteiger partial charge in [-0.25, -0.2) is 0 Å². The summed E-state index contributed by atoms with van der Waals surface area (Å²) in [6.45, 7) is -0.0420. The Bertz CT molecular complexity index is 1290. The van der Waals surface area contributed by atoms with Gasteiger partial charge in [-0.1, -0.05) is 29.3 Å². The molecule has 0 spiro atoms. The van der Waals surface area contributed by atoms with Gasteiger partial charge in [-0.3, -0.25) is 24.6 Å². The molecule has 0 radical (unpaired) electrons. The number of hydrogen-bond acceptors (Lipinski definition) is 6. The normalized spacial score (nSPS) is 15.1. The van der Waals surface area contributed by atoms with E-state index in [9.17, 15) is 19.7 Å². The topological polar surface area (TPSA) is 93.7 Å². The number of thioether (sulfide) groups is 1. The van der Waals surface area contributed by atoms with E-state index in [2.05, 4.69) is 15.9 Å². The summed E-state index contributed by atoms with van der Waals surface area (Å²) in [5, 5.41) is 11.2. The van der Waals surface area contributed by atoms with Crippen molar-refractivity contribution in [1.29, 1.82) is 0 Å². The molecule has 162 valence electrons. The van der Waals surface area contributed by atoms with Crippen molar-refractivity contribution < 1.29 is 18.9 Å². The van der Waals surface area contributed by atoms with Crippen LogP contribution in [0.2, 0.25) is 10.0 Å². The fourth-order valence-corrected chi connectivity index (χ4v) is 4.90. The van der Waals surface area contributed by atoms with Crippen LogP contribution in [0.15, 0.2) is 62.3 Å². The van der Waals surface area contributed by atoms with E-state index in [1.807, 2.05) is 0 Å². The predicted molar refractivity (Wildman–Crippen MR) is 126 cm³/mol. The molecular weight excluding hydrogens is 543 g/mol. The molecule has 11 heteroatoms. The first-order chi connectivity index (χ1) is 15.2. The second-order valence-electron chi connectivity index (χ2n) is 6.59. The summed E-state index contributed by atoms with van der Waals surface area (Å²) in [5.41, 5.74) is 1.04. The lowest BCUT2D eigenvalue weighted by Crippen LogP contribution is -2.27. The Morgan fingerprint density at radius 3 is 2.50 bits per heavy atom. The molecular formula is C21H11BrCl2N2O5S. The Hall–Kier alpha value is -2.59. The highest BCUT2D eigenvalue weighted by Crippen LogP contribution is 2.37. The number of halogens is 3. The van der Waals surface area contributed by atoms with Crippen LogP contribution in [0.3, 0.4) is 0 Å². The van der Waals surface area contributed by atoms with Crippen LogP contribution in [-0.4, -0.2) is 21.0 Å². The second kappa shape index (κ2) is 9.11. The van der Waals surface area contributed by atoms with Gasteiger partial charge < -0.3 is 4.42 Å². The zero-order chi connectivity index (χ0) is 23.0. The van der Waals surface area contributed by atoms with Crippen molar-refractivity contribution in [2.45, 2.75) is 6.54 Å². The van der Waals surface area contributed by atoms with Gasteiger partial charge in [0.25, 0.3) is 16.8 Å². The van der Waals surface area contributed by atoms with E-state index in [1.54, 1.807) is 36.4 Å². The smallest absolute Gasteiger partial charge is 0.293 e. The Morgan fingerprint density at radius 2 is 1.84 bits per heavy atom. The van der Waals surface area contributed by atoms with Crippen molar-refractivity contribution in [2.24, 2.45) is 0 Å². The van der Waals surface area contributed by atoms with Gasteiger partial charge in [0.1, 0.15) is 11.5 Å². The third kappa shape index (κ3) is 4.47. The fraction of sp³-hybridized carbons (Fsp3) is 0.0476. The maximum absolute atomic E-state index is 12.8. The number of non-ortho nitro benzene ring substituents is 1. The van der Waals surface area contributed by atoms with Gasteiger partial charge in [-0.2, -0.15) is 0 Å². The number of carbonyl (C=O) groups excluding carboxylic acids is 2. The lowest BCUT2D eigenvalue weighted by Gasteiger charge is -2.14. The summed E-state index contributed by atoms with van der Waals surface area (Å²) >= 11 is 16.4. The molecule has 0 saturated carbocycles. The Labute approximate surface area is 204 Å². The van der Waals surface area contributed by atoms with Crippen LogP contribution in [0.1, 0.15) is 11.3 Å². The number of imide groups is 1. The van der Waals surface area contributed by atoms with E-state index in [1.165, 1.54) is 18.2 Å². The number of nitrogens with zero attached hydrogens (tertiary/aromatic N) is 2. The standard InChI is InChI=1S/C21H11BrCl2N2O5S/c22-15-8-11(26(29)30)4-6-13(15)18-7-5-12(31-18)9-19-20(27)25(21(28)32-19)10-14-16(23)2-1-3-17(14)24/h1-9H,10H2/b19-9-. The van der Waals surface area contributed by atoms with Crippen LogP contribution >= 0.6 is 50.9 Å². The second-order valence-corrected chi connectivity index (χ2v) is 9.25. The monoisotopic (exact) mass is 552 g/mol. The Kier molecular flexibility index (Phi) is 6.43. The summed E-state index contributed by atoms with van der Waals surface area (Å²) in [7, 11) is 0. The summed E-state index contributed by atoms with van der Waals surface area (Å²) in [4.78, 5) is 36.9. The average molecular weight is 554 g/mol. The van der Waals surface area contributed by atoms with E-state index < -0.39 is 16.1 Å². The molecule has 0 aliphatic carbocycles. The highest BCUT2D eigenvalue weighted by atomic mass is 79.9. The van der Waals surface area contributed by atoms with Gasteiger partial charge in [0.05, 0.1) is 16.4 Å². The van der Waals surface area contributed by atoms with Crippen molar-refractivity contribution in [3.05, 3.63) is 89.4 Å². The van der Waals surface area contributed by atoms with Crippen LogP contribution in [-0.2, 0) is 11.3 Å². The number of hydrogen-bond donors (Lipinski definition) is 0. The van der Waals surface area contributed by atoms with E-state index in [4.69, 9.17) is 27.6 Å². The summed E-state index contributed by atoms with van der Waals surface area (Å²) < 4.78 is 6.26. The highest BCUT2D eigenvalue weighted by molar-refractivity contribution is 9.10. The zero-order valence-electron chi connectivity index (χ0n) is 15.9. The molecule has 0 atom stereocenters. The number of nitro groups is 1. The van der Waals surface area contributed by atoms with Crippen LogP contribution in [0.5, 0.6) is 0 Å². The van der Waals surface area contributed by atoms with Crippen LogP contribution in [0.4, 0.5) is 10.5 Å². The van der Waals surface area contributed by atoms with Gasteiger partial charge in [0, 0.05) is 43.9 Å². The Morgan fingerprint density at radius 1 is 1.12 bits per heavy atom. The summed E-state index contributed by atoms with van der Waals surface area (Å²) in [6, 6.07) is 12.6. The lowest BCUT2D eigenvalue weighted by atomic mass is 10.1. The van der Waals surface area contributed by atoms with E-state index >= 15 is 0 Å². The summed E-state index contributed by atoms with van der Waals surface area (Å²) in [6.07, 6.45) is 1.47. The van der Waals surface area contributed by atoms with Gasteiger partial charge in [0.2, 0.25) is 0 Å². The average Bonchev–Trinajstić information content (AvgIpc) is 3.30. The molecule has 2 aromatic carbocycles. The first kappa shape index (κ1) is 22.6. The third-order valence-corrected chi connectivity index (χ3v) is 6.85. The van der Waals surface area contributed by atoms with Crippen LogP contribution in [0.25, 0.3) is 17.4 Å². The number of furan rings is 1. The first-order valence-electron chi connectivity index (χ1n) is 8.97. The number of rotatable bonds is 5. The maximum atomic E-state index is 12.8. The molecule has 32 heavy (non-hydrogen) atoms. The largest absolute Gasteiger partial charge is 0.457 e. The minimum Gasteiger partial charge on any atom is -0.457 e. The molecule has 1 saturated heterocycles. The zero-order valence-corrected chi connectivity index (χ0v) is 19.8.